The first kappa shape index (κ1) is 51.4. The lowest BCUT2D eigenvalue weighted by Gasteiger charge is -2.40. The van der Waals surface area contributed by atoms with Gasteiger partial charge in [0.05, 0.1) is 47.9 Å². The van der Waals surface area contributed by atoms with Crippen molar-refractivity contribution in [3.63, 3.8) is 0 Å². The van der Waals surface area contributed by atoms with E-state index in [2.05, 4.69) is 56.4 Å². The Bertz CT molecular complexity index is 2220. The average molecular weight is 995 g/mol. The fraction of sp³-hybridized carbons (Fsp3) is 0.593. The second-order valence-corrected chi connectivity index (χ2v) is 24.2. The van der Waals surface area contributed by atoms with Gasteiger partial charge in [0.1, 0.15) is 23.3 Å². The summed E-state index contributed by atoms with van der Waals surface area (Å²) in [5.74, 6) is 0.980. The third-order valence-corrected chi connectivity index (χ3v) is 16.4. The van der Waals surface area contributed by atoms with Gasteiger partial charge >= 0.3 is 12.2 Å². The lowest BCUT2D eigenvalue weighted by atomic mass is 9.83. The minimum atomic E-state index is -0.932. The van der Waals surface area contributed by atoms with Crippen LogP contribution in [0.25, 0.3) is 22.5 Å². The van der Waals surface area contributed by atoms with Crippen LogP contribution in [0.1, 0.15) is 142 Å². The van der Waals surface area contributed by atoms with Gasteiger partial charge in [0.15, 0.2) is 0 Å². The van der Waals surface area contributed by atoms with E-state index in [0.717, 1.165) is 72.4 Å². The summed E-state index contributed by atoms with van der Waals surface area (Å²) in [6.07, 6.45) is 12.0. The largest absolute Gasteiger partial charge is 0.444 e. The molecule has 4 atom stereocenters. The standard InChI is InChI=1S/C54H74N8O6S2/c1-53(2,3)67-51(65)55-43(49(63)59-27-29-61-47(45(59)31-37-19-11-7-12-20-37)33-41(57-61)39-23-15-9-16-24-39)35-69-70-36-44(56-52(66)68-54(4,5)6)50(64)60-28-30-62-48(46(60)32-38-21-13-8-14-22-38)34-42(58-62)40-25-17-10-18-26-40/h9-10,15-18,23-26,33-34,37-38,43-46H,7-8,11-14,19-22,27-32,35-36H2,1-6H3,(H,55,65)(H,56,66)/t43-,44-,45-,46-/m0/s1. The molecule has 16 heteroatoms. The van der Waals surface area contributed by atoms with Gasteiger partial charge in [-0.1, -0.05) is 146 Å². The second-order valence-electron chi connectivity index (χ2n) is 21.6. The zero-order valence-electron chi connectivity index (χ0n) is 42.1. The van der Waals surface area contributed by atoms with Crippen LogP contribution < -0.4 is 10.6 Å². The molecule has 2 N–H and O–H groups in total. The van der Waals surface area contributed by atoms with Crippen LogP contribution in [0.3, 0.4) is 0 Å². The second kappa shape index (κ2) is 23.1. The van der Waals surface area contributed by atoms with Crippen LogP contribution in [-0.4, -0.2) is 101 Å². The summed E-state index contributed by atoms with van der Waals surface area (Å²) in [5.41, 5.74) is 4.28. The number of nitrogens with zero attached hydrogens (tertiary/aromatic N) is 6. The number of fused-ring (bicyclic) bond motifs is 2. The number of aromatic nitrogens is 4. The third kappa shape index (κ3) is 13.5. The zero-order valence-corrected chi connectivity index (χ0v) is 43.7. The molecule has 2 aliphatic carbocycles. The fourth-order valence-electron chi connectivity index (χ4n) is 10.7. The lowest BCUT2D eigenvalue weighted by molar-refractivity contribution is -0.138. The van der Waals surface area contributed by atoms with Gasteiger partial charge in [-0.25, -0.2) is 9.59 Å². The molecular weight excluding hydrogens is 921 g/mol. The minimum absolute atomic E-state index is 0.182. The number of carbonyl (C=O) groups is 4. The molecule has 2 saturated carbocycles. The quantitative estimate of drug-likeness (QED) is 0.0869. The van der Waals surface area contributed by atoms with Crippen molar-refractivity contribution in [1.82, 2.24) is 40.0 Å². The maximum atomic E-state index is 15.1. The van der Waals surface area contributed by atoms with Crippen LogP contribution >= 0.6 is 21.6 Å². The first-order valence-electron chi connectivity index (χ1n) is 25.7. The lowest BCUT2D eigenvalue weighted by Crippen LogP contribution is -2.54. The first-order valence-corrected chi connectivity index (χ1v) is 28.2. The van der Waals surface area contributed by atoms with Crippen molar-refractivity contribution in [2.45, 2.75) is 167 Å². The van der Waals surface area contributed by atoms with Crippen molar-refractivity contribution in [3.05, 3.63) is 84.2 Å². The molecule has 2 fully saturated rings. The van der Waals surface area contributed by atoms with E-state index in [0.29, 0.717) is 38.0 Å². The van der Waals surface area contributed by atoms with Crippen molar-refractivity contribution in [1.29, 1.82) is 0 Å². The van der Waals surface area contributed by atoms with Crippen LogP contribution in [0.4, 0.5) is 9.59 Å². The van der Waals surface area contributed by atoms with Crippen molar-refractivity contribution < 1.29 is 28.7 Å². The Morgan fingerprint density at radius 2 is 0.943 bits per heavy atom. The van der Waals surface area contributed by atoms with Crippen LogP contribution in [0, 0.1) is 11.8 Å². The molecule has 0 bridgehead atoms. The zero-order chi connectivity index (χ0) is 49.4. The van der Waals surface area contributed by atoms with Gasteiger partial charge in [-0.05, 0) is 78.4 Å². The normalized spacial score (nSPS) is 19.9. The Labute approximate surface area is 422 Å². The van der Waals surface area contributed by atoms with E-state index >= 15 is 9.59 Å². The van der Waals surface area contributed by atoms with E-state index in [9.17, 15) is 9.59 Å². The molecule has 0 radical (unpaired) electrons. The Balaban J connectivity index is 1.03. The minimum Gasteiger partial charge on any atom is -0.444 e. The van der Waals surface area contributed by atoms with E-state index in [-0.39, 0.29) is 35.4 Å². The number of hydrogen-bond donors (Lipinski definition) is 2. The maximum absolute atomic E-state index is 15.1. The molecule has 4 aliphatic rings. The summed E-state index contributed by atoms with van der Waals surface area (Å²) in [5, 5.41) is 16.0. The van der Waals surface area contributed by atoms with Crippen LogP contribution in [0.15, 0.2) is 72.8 Å². The van der Waals surface area contributed by atoms with Gasteiger partial charge in [0, 0.05) is 35.7 Å². The highest BCUT2D eigenvalue weighted by Gasteiger charge is 2.41. The molecular formula is C54H74N8O6S2. The monoisotopic (exact) mass is 995 g/mol. The third-order valence-electron chi connectivity index (χ3n) is 14.0. The summed E-state index contributed by atoms with van der Waals surface area (Å²) in [7, 11) is 2.79. The topological polar surface area (TPSA) is 153 Å². The first-order chi connectivity index (χ1) is 33.6. The molecule has 14 nitrogen and oxygen atoms in total. The van der Waals surface area contributed by atoms with E-state index in [1.54, 1.807) is 41.5 Å². The molecule has 8 rings (SSSR count). The molecule has 4 heterocycles. The molecule has 70 heavy (non-hydrogen) atoms. The summed E-state index contributed by atoms with van der Waals surface area (Å²) < 4.78 is 15.6. The average Bonchev–Trinajstić information content (AvgIpc) is 3.98. The van der Waals surface area contributed by atoms with Gasteiger partial charge < -0.3 is 29.9 Å². The summed E-state index contributed by atoms with van der Waals surface area (Å²) in [4.78, 5) is 61.2. The molecule has 2 aromatic carbocycles. The SMILES string of the molecule is CC(C)(C)OC(=O)N[C@@H](CSSC[C@H](NC(=O)OC(C)(C)C)C(=O)N1CCn2nc(-c3ccccc3)cc2[C@@H]1CC1CCCCC1)C(=O)N1CCn2nc(-c3ccccc3)cc2[C@@H]1CC1CCCCC1. The van der Waals surface area contributed by atoms with Gasteiger partial charge in [0.25, 0.3) is 0 Å². The Morgan fingerprint density at radius 3 is 1.30 bits per heavy atom. The number of benzene rings is 2. The van der Waals surface area contributed by atoms with Crippen LogP contribution in [0.2, 0.25) is 0 Å². The molecule has 0 spiro atoms. The molecule has 4 amide bonds. The summed E-state index contributed by atoms with van der Waals surface area (Å²) >= 11 is 0. The van der Waals surface area contributed by atoms with Gasteiger partial charge in [-0.2, -0.15) is 10.2 Å². The molecule has 4 aromatic rings. The number of nitrogens with one attached hydrogen (secondary N) is 2. The summed E-state index contributed by atoms with van der Waals surface area (Å²) in [6, 6.07) is 22.2. The van der Waals surface area contributed by atoms with Crippen molar-refractivity contribution in [2.24, 2.45) is 11.8 Å². The Hall–Kier alpha value is -4.96. The predicted molar refractivity (Wildman–Crippen MR) is 278 cm³/mol. The molecule has 378 valence electrons. The molecule has 0 saturated heterocycles. The van der Waals surface area contributed by atoms with Crippen molar-refractivity contribution in [2.75, 3.05) is 24.6 Å². The van der Waals surface area contributed by atoms with Gasteiger partial charge in [-0.15, -0.1) is 0 Å². The molecule has 2 aromatic heterocycles. The van der Waals surface area contributed by atoms with E-state index < -0.39 is 35.5 Å². The molecule has 0 unspecified atom stereocenters. The predicted octanol–water partition coefficient (Wildman–Crippen LogP) is 11.0. The number of amides is 4. The number of alkyl carbamates (subject to hydrolysis) is 2. The number of hydrogen-bond acceptors (Lipinski definition) is 10. The van der Waals surface area contributed by atoms with E-state index in [1.165, 1.54) is 60.1 Å². The van der Waals surface area contributed by atoms with Gasteiger partial charge in [-0.3, -0.25) is 19.0 Å². The van der Waals surface area contributed by atoms with Crippen molar-refractivity contribution in [3.8, 4) is 22.5 Å². The highest BCUT2D eigenvalue weighted by Crippen LogP contribution is 2.41. The Morgan fingerprint density at radius 1 is 0.571 bits per heavy atom. The van der Waals surface area contributed by atoms with Crippen LogP contribution in [-0.2, 0) is 32.2 Å². The van der Waals surface area contributed by atoms with E-state index in [1.807, 2.05) is 46.2 Å². The van der Waals surface area contributed by atoms with Crippen molar-refractivity contribution >= 4 is 45.6 Å². The fourth-order valence-corrected chi connectivity index (χ4v) is 13.0. The highest BCUT2D eigenvalue weighted by atomic mass is 33.1. The molecule has 2 aliphatic heterocycles. The number of carbonyl (C=O) groups excluding carboxylic acids is 4. The maximum Gasteiger partial charge on any atom is 0.408 e. The smallest absolute Gasteiger partial charge is 0.408 e. The van der Waals surface area contributed by atoms with Gasteiger partial charge in [0.2, 0.25) is 11.8 Å². The highest BCUT2D eigenvalue weighted by molar-refractivity contribution is 8.76. The summed E-state index contributed by atoms with van der Waals surface area (Å²) in [6.45, 7) is 12.8. The number of rotatable bonds is 15. The number of ether oxygens (including phenoxy) is 2. The van der Waals surface area contributed by atoms with Crippen LogP contribution in [0.5, 0.6) is 0 Å². The Kier molecular flexibility index (Phi) is 16.9. The van der Waals surface area contributed by atoms with E-state index in [4.69, 9.17) is 19.7 Å².